The number of benzene rings is 1. The van der Waals surface area contributed by atoms with Gasteiger partial charge < -0.3 is 10.2 Å². The van der Waals surface area contributed by atoms with Crippen LogP contribution in [-0.4, -0.2) is 17.9 Å². The number of nitrogens with zero attached hydrogens (tertiary/aromatic N) is 1. The minimum absolute atomic E-state index is 0.0394. The van der Waals surface area contributed by atoms with Crippen molar-refractivity contribution >= 4 is 34.2 Å². The summed E-state index contributed by atoms with van der Waals surface area (Å²) < 4.78 is 1.15. The van der Waals surface area contributed by atoms with Crippen molar-refractivity contribution in [1.82, 2.24) is 4.90 Å². The van der Waals surface area contributed by atoms with Crippen LogP contribution in [-0.2, 0) is 4.79 Å². The zero-order valence-corrected chi connectivity index (χ0v) is 11.6. The number of carbonyl (C=O) groups is 1. The first-order chi connectivity index (χ1) is 8.15. The summed E-state index contributed by atoms with van der Waals surface area (Å²) in [6, 6.07) is 7.75. The molecule has 0 saturated heterocycles. The van der Waals surface area contributed by atoms with Crippen LogP contribution in [0.2, 0.25) is 0 Å². The third kappa shape index (κ3) is 3.33. The largest absolute Gasteiger partial charge is 0.357 e. The molecule has 1 amide bonds. The van der Waals surface area contributed by atoms with Gasteiger partial charge in [-0.3, -0.25) is 4.79 Å². The molecule has 2 rings (SSSR count). The number of hydrogen-bond donors (Lipinski definition) is 1. The van der Waals surface area contributed by atoms with E-state index < -0.39 is 0 Å². The molecule has 1 aromatic rings. The van der Waals surface area contributed by atoms with Crippen LogP contribution in [0.3, 0.4) is 0 Å². The van der Waals surface area contributed by atoms with Crippen molar-refractivity contribution < 1.29 is 4.79 Å². The summed E-state index contributed by atoms with van der Waals surface area (Å²) in [7, 11) is 1.91. The minimum atomic E-state index is -0.0394. The van der Waals surface area contributed by atoms with E-state index >= 15 is 0 Å². The van der Waals surface area contributed by atoms with Gasteiger partial charge in [-0.25, -0.2) is 0 Å². The summed E-state index contributed by atoms with van der Waals surface area (Å²) in [6.07, 6.45) is 6.45. The normalized spacial score (nSPS) is 14.5. The summed E-state index contributed by atoms with van der Waals surface area (Å²) in [6.45, 7) is 0. The van der Waals surface area contributed by atoms with E-state index in [0.717, 1.165) is 14.8 Å². The zero-order valence-electron chi connectivity index (χ0n) is 9.48. The SMILES string of the molecule is CN1C=CCC(C(=O)Nc2ccc(I)cc2)=C1. The number of nitrogens with one attached hydrogen (secondary N) is 1. The van der Waals surface area contributed by atoms with Crippen LogP contribution in [0.1, 0.15) is 6.42 Å². The molecule has 1 aromatic carbocycles. The molecular formula is C13H13IN2O. The van der Waals surface area contributed by atoms with E-state index in [1.807, 2.05) is 54.7 Å². The topological polar surface area (TPSA) is 32.3 Å². The average molecular weight is 340 g/mol. The molecule has 1 aliphatic rings. The van der Waals surface area contributed by atoms with E-state index in [4.69, 9.17) is 0 Å². The molecule has 0 saturated carbocycles. The van der Waals surface area contributed by atoms with Gasteiger partial charge in [0.1, 0.15) is 0 Å². The third-order valence-electron chi connectivity index (χ3n) is 2.43. The van der Waals surface area contributed by atoms with Crippen molar-refractivity contribution in [3.8, 4) is 0 Å². The fourth-order valence-electron chi connectivity index (χ4n) is 1.58. The second-order valence-electron chi connectivity index (χ2n) is 3.87. The van der Waals surface area contributed by atoms with Crippen LogP contribution in [0.5, 0.6) is 0 Å². The number of rotatable bonds is 2. The standard InChI is InChI=1S/C13H13IN2O/c1-16-8-2-3-10(9-16)13(17)15-12-6-4-11(14)5-7-12/h2,4-9H,3H2,1H3,(H,15,17). The molecule has 1 N–H and O–H groups in total. The predicted octanol–water partition coefficient (Wildman–Crippen LogP) is 2.96. The highest BCUT2D eigenvalue weighted by Gasteiger charge is 2.11. The Hall–Kier alpha value is -1.30. The van der Waals surface area contributed by atoms with Crippen molar-refractivity contribution in [2.45, 2.75) is 6.42 Å². The molecule has 88 valence electrons. The molecule has 3 nitrogen and oxygen atoms in total. The van der Waals surface area contributed by atoms with Gasteiger partial charge >= 0.3 is 0 Å². The van der Waals surface area contributed by atoms with Crippen LogP contribution in [0.25, 0.3) is 0 Å². The number of allylic oxidation sites excluding steroid dienone is 1. The lowest BCUT2D eigenvalue weighted by atomic mass is 10.1. The predicted molar refractivity (Wildman–Crippen MR) is 77.4 cm³/mol. The molecule has 0 atom stereocenters. The zero-order chi connectivity index (χ0) is 12.3. The van der Waals surface area contributed by atoms with E-state index in [1.54, 1.807) is 0 Å². The first kappa shape index (κ1) is 12.2. The van der Waals surface area contributed by atoms with Gasteiger partial charge in [-0.15, -0.1) is 0 Å². The number of halogens is 1. The van der Waals surface area contributed by atoms with Gasteiger partial charge in [0.15, 0.2) is 0 Å². The lowest BCUT2D eigenvalue weighted by Crippen LogP contribution is -2.18. The van der Waals surface area contributed by atoms with Crippen LogP contribution < -0.4 is 5.32 Å². The summed E-state index contributed by atoms with van der Waals surface area (Å²) in [5, 5.41) is 2.89. The van der Waals surface area contributed by atoms with Gasteiger partial charge in [-0.05, 0) is 59.5 Å². The van der Waals surface area contributed by atoms with Crippen LogP contribution >= 0.6 is 22.6 Å². The maximum Gasteiger partial charge on any atom is 0.253 e. The van der Waals surface area contributed by atoms with Crippen LogP contribution in [0, 0.1) is 3.57 Å². The highest BCUT2D eigenvalue weighted by Crippen LogP contribution is 2.15. The third-order valence-corrected chi connectivity index (χ3v) is 3.15. The number of amides is 1. The molecule has 0 spiro atoms. The highest BCUT2D eigenvalue weighted by atomic mass is 127. The Balaban J connectivity index is 2.04. The van der Waals surface area contributed by atoms with Gasteiger partial charge in [0.05, 0.1) is 0 Å². The van der Waals surface area contributed by atoms with Crippen molar-refractivity contribution in [1.29, 1.82) is 0 Å². The summed E-state index contributed by atoms with van der Waals surface area (Å²) in [5.74, 6) is -0.0394. The van der Waals surface area contributed by atoms with E-state index in [1.165, 1.54) is 0 Å². The van der Waals surface area contributed by atoms with Gasteiger partial charge in [0, 0.05) is 28.1 Å². The molecule has 17 heavy (non-hydrogen) atoms. The van der Waals surface area contributed by atoms with Crippen molar-refractivity contribution in [3.05, 3.63) is 51.9 Å². The van der Waals surface area contributed by atoms with Gasteiger partial charge in [0.2, 0.25) is 0 Å². The Labute approximate surface area is 114 Å². The Bertz CT molecular complexity index is 477. The molecule has 0 aliphatic carbocycles. The lowest BCUT2D eigenvalue weighted by Gasteiger charge is -2.16. The van der Waals surface area contributed by atoms with E-state index in [2.05, 4.69) is 27.9 Å². The molecule has 4 heteroatoms. The summed E-state index contributed by atoms with van der Waals surface area (Å²) >= 11 is 2.24. The van der Waals surface area contributed by atoms with Crippen molar-refractivity contribution in [3.63, 3.8) is 0 Å². The molecule has 0 bridgehead atoms. The molecule has 1 aliphatic heterocycles. The fraction of sp³-hybridized carbons (Fsp3) is 0.154. The minimum Gasteiger partial charge on any atom is -0.357 e. The van der Waals surface area contributed by atoms with Gasteiger partial charge in [-0.1, -0.05) is 6.08 Å². The Morgan fingerprint density at radius 1 is 1.35 bits per heavy atom. The number of carbonyl (C=O) groups excluding carboxylic acids is 1. The molecule has 0 unspecified atom stereocenters. The molecule has 0 radical (unpaired) electrons. The lowest BCUT2D eigenvalue weighted by molar-refractivity contribution is -0.113. The molecular weight excluding hydrogens is 327 g/mol. The first-order valence-electron chi connectivity index (χ1n) is 5.31. The van der Waals surface area contributed by atoms with Gasteiger partial charge in [-0.2, -0.15) is 0 Å². The van der Waals surface area contributed by atoms with E-state index in [0.29, 0.717) is 6.42 Å². The van der Waals surface area contributed by atoms with Crippen molar-refractivity contribution in [2.24, 2.45) is 0 Å². The molecule has 0 fully saturated rings. The maximum atomic E-state index is 12.0. The second-order valence-corrected chi connectivity index (χ2v) is 5.12. The second kappa shape index (κ2) is 5.35. The fourth-order valence-corrected chi connectivity index (χ4v) is 1.94. The quantitative estimate of drug-likeness (QED) is 0.840. The van der Waals surface area contributed by atoms with Crippen molar-refractivity contribution in [2.75, 3.05) is 12.4 Å². The van der Waals surface area contributed by atoms with E-state index in [9.17, 15) is 4.79 Å². The van der Waals surface area contributed by atoms with Crippen LogP contribution in [0.15, 0.2) is 48.3 Å². The summed E-state index contributed by atoms with van der Waals surface area (Å²) in [5.41, 5.74) is 1.60. The van der Waals surface area contributed by atoms with E-state index in [-0.39, 0.29) is 5.91 Å². The van der Waals surface area contributed by atoms with Gasteiger partial charge in [0.25, 0.3) is 5.91 Å². The first-order valence-corrected chi connectivity index (χ1v) is 6.39. The molecule has 0 aromatic heterocycles. The summed E-state index contributed by atoms with van der Waals surface area (Å²) in [4.78, 5) is 13.8. The highest BCUT2D eigenvalue weighted by molar-refractivity contribution is 14.1. The monoisotopic (exact) mass is 340 g/mol. The Morgan fingerprint density at radius 2 is 2.06 bits per heavy atom. The smallest absolute Gasteiger partial charge is 0.253 e. The number of hydrogen-bond acceptors (Lipinski definition) is 2. The Morgan fingerprint density at radius 3 is 2.71 bits per heavy atom. The number of anilines is 1. The average Bonchev–Trinajstić information content (AvgIpc) is 2.32. The molecule has 1 heterocycles. The Kier molecular flexibility index (Phi) is 3.83. The maximum absolute atomic E-state index is 12.0. The van der Waals surface area contributed by atoms with Crippen LogP contribution in [0.4, 0.5) is 5.69 Å².